The highest BCUT2D eigenvalue weighted by molar-refractivity contribution is 5.23. The summed E-state index contributed by atoms with van der Waals surface area (Å²) in [6, 6.07) is 0. The molecule has 26 heavy (non-hydrogen) atoms. The van der Waals surface area contributed by atoms with E-state index in [0.717, 1.165) is 12.8 Å². The van der Waals surface area contributed by atoms with Gasteiger partial charge in [-0.05, 0) is 25.0 Å². The average Bonchev–Trinajstić information content (AvgIpc) is 2.67. The predicted molar refractivity (Wildman–Crippen MR) is 95.1 cm³/mol. The molecule has 2 aliphatic rings. The van der Waals surface area contributed by atoms with Crippen molar-refractivity contribution in [2.75, 3.05) is 47.1 Å². The van der Waals surface area contributed by atoms with Crippen molar-refractivity contribution in [2.45, 2.75) is 25.0 Å². The van der Waals surface area contributed by atoms with Gasteiger partial charge in [0.1, 0.15) is 25.6 Å². The third-order valence-corrected chi connectivity index (χ3v) is 3.65. The van der Waals surface area contributed by atoms with E-state index in [1.54, 1.807) is 19.3 Å². The average molecular weight is 368 g/mol. The van der Waals surface area contributed by atoms with Crippen molar-refractivity contribution in [2.24, 2.45) is 0 Å². The van der Waals surface area contributed by atoms with Gasteiger partial charge >= 0.3 is 0 Å². The van der Waals surface area contributed by atoms with Gasteiger partial charge in [0.2, 0.25) is 0 Å². The van der Waals surface area contributed by atoms with E-state index in [9.17, 15) is 5.11 Å². The monoisotopic (exact) mass is 368 g/mol. The fourth-order valence-electron chi connectivity index (χ4n) is 2.40. The largest absolute Gasteiger partial charge is 0.488 e. The van der Waals surface area contributed by atoms with Gasteiger partial charge in [0, 0.05) is 7.11 Å². The van der Waals surface area contributed by atoms with Crippen LogP contribution in [0, 0.1) is 0 Å². The Morgan fingerprint density at radius 2 is 1.62 bits per heavy atom. The second-order valence-corrected chi connectivity index (χ2v) is 5.64. The van der Waals surface area contributed by atoms with Crippen LogP contribution in [-0.2, 0) is 28.4 Å². The van der Waals surface area contributed by atoms with Crippen molar-refractivity contribution in [3.63, 3.8) is 0 Å². The minimum absolute atomic E-state index is 0.116. The summed E-state index contributed by atoms with van der Waals surface area (Å²) >= 11 is 0. The van der Waals surface area contributed by atoms with E-state index in [0.29, 0.717) is 37.9 Å². The van der Waals surface area contributed by atoms with E-state index in [2.05, 4.69) is 0 Å². The molecule has 0 bridgehead atoms. The van der Waals surface area contributed by atoms with Gasteiger partial charge in [0.05, 0.1) is 19.8 Å². The molecule has 0 fully saturated rings. The molecule has 0 saturated carbocycles. The Bertz CT molecular complexity index is 510. The molecule has 0 aromatic carbocycles. The quantitative estimate of drug-likeness (QED) is 0.394. The van der Waals surface area contributed by atoms with Gasteiger partial charge < -0.3 is 33.5 Å². The normalized spacial score (nSPS) is 22.1. The van der Waals surface area contributed by atoms with Crippen molar-refractivity contribution in [3.05, 3.63) is 48.0 Å². The maximum absolute atomic E-state index is 9.71. The zero-order valence-corrected chi connectivity index (χ0v) is 15.2. The minimum Gasteiger partial charge on any atom is -0.488 e. The van der Waals surface area contributed by atoms with Crippen LogP contribution >= 0.6 is 0 Å². The van der Waals surface area contributed by atoms with Gasteiger partial charge in [0.15, 0.2) is 18.3 Å². The Kier molecular flexibility index (Phi) is 10.1. The van der Waals surface area contributed by atoms with Crippen LogP contribution in [0.3, 0.4) is 0 Å². The molecule has 2 unspecified atom stereocenters. The fourth-order valence-corrected chi connectivity index (χ4v) is 2.40. The van der Waals surface area contributed by atoms with E-state index in [-0.39, 0.29) is 19.7 Å². The first kappa shape index (κ1) is 20.7. The maximum atomic E-state index is 9.71. The van der Waals surface area contributed by atoms with E-state index in [1.807, 2.05) is 24.3 Å². The second kappa shape index (κ2) is 12.7. The van der Waals surface area contributed by atoms with Crippen molar-refractivity contribution in [3.8, 4) is 0 Å². The molecule has 0 radical (unpaired) electrons. The highest BCUT2D eigenvalue weighted by Crippen LogP contribution is 2.20. The highest BCUT2D eigenvalue weighted by atomic mass is 16.7. The molecule has 146 valence electrons. The Morgan fingerprint density at radius 3 is 2.38 bits per heavy atom. The van der Waals surface area contributed by atoms with Crippen LogP contribution in [0.2, 0.25) is 0 Å². The SMILES string of the molecule is COCOCOC1=CCCC=C1OCCOCCOC1C=CC=CC1O. The molecular formula is C19H28O7. The van der Waals surface area contributed by atoms with Crippen molar-refractivity contribution >= 4 is 0 Å². The number of methoxy groups -OCH3 is 1. The minimum atomic E-state index is -0.598. The van der Waals surface area contributed by atoms with Crippen molar-refractivity contribution in [1.29, 1.82) is 0 Å². The number of aliphatic hydroxyl groups excluding tert-OH is 1. The van der Waals surface area contributed by atoms with Gasteiger partial charge in [-0.1, -0.05) is 24.3 Å². The molecule has 2 rings (SSSR count). The first-order valence-electron chi connectivity index (χ1n) is 8.76. The molecule has 7 heteroatoms. The molecule has 0 heterocycles. The molecule has 0 aromatic rings. The van der Waals surface area contributed by atoms with Gasteiger partial charge in [-0.25, -0.2) is 0 Å². The maximum Gasteiger partial charge on any atom is 0.191 e. The molecular weight excluding hydrogens is 340 g/mol. The van der Waals surface area contributed by atoms with Crippen LogP contribution in [0.1, 0.15) is 12.8 Å². The number of allylic oxidation sites excluding steroid dienone is 4. The first-order chi connectivity index (χ1) is 12.8. The Balaban J connectivity index is 1.53. The zero-order valence-electron chi connectivity index (χ0n) is 15.2. The van der Waals surface area contributed by atoms with Crippen molar-refractivity contribution < 1.29 is 33.5 Å². The topological polar surface area (TPSA) is 75.6 Å². The molecule has 0 amide bonds. The number of aliphatic hydroxyl groups is 1. The van der Waals surface area contributed by atoms with E-state index in [4.69, 9.17) is 28.4 Å². The summed E-state index contributed by atoms with van der Waals surface area (Å²) in [6.45, 7) is 2.01. The lowest BCUT2D eigenvalue weighted by Crippen LogP contribution is -2.28. The van der Waals surface area contributed by atoms with Crippen LogP contribution in [0.5, 0.6) is 0 Å². The standard InChI is InChI=1S/C19H28O7/c1-21-14-23-15-26-19-9-5-4-8-18(19)25-13-11-22-10-12-24-17-7-3-2-6-16(17)20/h2-3,6-9,16-17,20H,4-5,10-15H2,1H3. The van der Waals surface area contributed by atoms with E-state index < -0.39 is 6.10 Å². The van der Waals surface area contributed by atoms with Crippen LogP contribution < -0.4 is 0 Å². The summed E-state index contributed by atoms with van der Waals surface area (Å²) in [5.41, 5.74) is 0. The van der Waals surface area contributed by atoms with Crippen LogP contribution in [0.15, 0.2) is 48.0 Å². The molecule has 0 saturated heterocycles. The lowest BCUT2D eigenvalue weighted by atomic mass is 10.1. The summed E-state index contributed by atoms with van der Waals surface area (Å²) in [5.74, 6) is 1.39. The van der Waals surface area contributed by atoms with Gasteiger partial charge in [-0.15, -0.1) is 0 Å². The summed E-state index contributed by atoms with van der Waals surface area (Å²) in [4.78, 5) is 0. The Morgan fingerprint density at radius 1 is 0.885 bits per heavy atom. The predicted octanol–water partition coefficient (Wildman–Crippen LogP) is 2.05. The van der Waals surface area contributed by atoms with Crippen LogP contribution in [0.4, 0.5) is 0 Å². The second-order valence-electron chi connectivity index (χ2n) is 5.64. The van der Waals surface area contributed by atoms with Crippen LogP contribution in [0.25, 0.3) is 0 Å². The van der Waals surface area contributed by atoms with Crippen LogP contribution in [-0.4, -0.2) is 64.4 Å². The fraction of sp³-hybridized carbons (Fsp3) is 0.579. The Hall–Kier alpha value is -1.64. The summed E-state index contributed by atoms with van der Waals surface area (Å²) in [5, 5.41) is 9.71. The van der Waals surface area contributed by atoms with Gasteiger partial charge in [-0.3, -0.25) is 0 Å². The molecule has 2 aliphatic carbocycles. The first-order valence-corrected chi connectivity index (χ1v) is 8.76. The third-order valence-electron chi connectivity index (χ3n) is 3.65. The third kappa shape index (κ3) is 7.72. The smallest absolute Gasteiger partial charge is 0.191 e. The summed E-state index contributed by atoms with van der Waals surface area (Å²) < 4.78 is 32.2. The number of rotatable bonds is 13. The van der Waals surface area contributed by atoms with E-state index >= 15 is 0 Å². The lowest BCUT2D eigenvalue weighted by Gasteiger charge is -2.20. The zero-order chi connectivity index (χ0) is 18.5. The number of ether oxygens (including phenoxy) is 6. The van der Waals surface area contributed by atoms with Crippen molar-refractivity contribution in [1.82, 2.24) is 0 Å². The summed E-state index contributed by atoms with van der Waals surface area (Å²) in [6.07, 6.45) is 12.1. The molecule has 1 N–H and O–H groups in total. The number of hydrogen-bond acceptors (Lipinski definition) is 7. The summed E-state index contributed by atoms with van der Waals surface area (Å²) in [7, 11) is 1.56. The van der Waals surface area contributed by atoms with E-state index in [1.165, 1.54) is 0 Å². The lowest BCUT2D eigenvalue weighted by molar-refractivity contribution is -0.105. The van der Waals surface area contributed by atoms with Gasteiger partial charge in [0.25, 0.3) is 0 Å². The Labute approximate surface area is 154 Å². The molecule has 0 aliphatic heterocycles. The molecule has 0 aromatic heterocycles. The molecule has 7 nitrogen and oxygen atoms in total. The highest BCUT2D eigenvalue weighted by Gasteiger charge is 2.15. The number of hydrogen-bond donors (Lipinski definition) is 1. The van der Waals surface area contributed by atoms with Gasteiger partial charge in [-0.2, -0.15) is 0 Å². The molecule has 0 spiro atoms. The molecule has 2 atom stereocenters.